The average Bonchev–Trinajstić information content (AvgIpc) is 3.21. The Kier molecular flexibility index (Phi) is 16.0. The standard InChI is InChI=1S/C30H41N5O2.C19H25N3O/c1-6-33-21-30(37)35(22-29(33)36)20-28(25-8-7-9-25)34(18-23-10-14-26(15-11-23)31(2)3)19-24-12-16-27(17-13-24)32(4)5;1-20(2)18-9-5-16(6-10-18)13-22(15-23)14-17-7-11-19(12-8-17)21(3)4/h10-17H,6-9,18-22H2,1-5H3;5-12,15H,13-14H2,1-4H3. The molecule has 60 heavy (non-hydrogen) atoms. The van der Waals surface area contributed by atoms with Crippen molar-refractivity contribution in [3.8, 4) is 0 Å². The molecule has 1 heterocycles. The third-order valence-corrected chi connectivity index (χ3v) is 11.3. The largest absolute Gasteiger partial charge is 0.378 e. The van der Waals surface area contributed by atoms with Crippen LogP contribution in [0.1, 0.15) is 48.4 Å². The second-order valence-corrected chi connectivity index (χ2v) is 16.7. The molecule has 0 bridgehead atoms. The summed E-state index contributed by atoms with van der Waals surface area (Å²) in [5.74, 6) is 0.0645. The Bertz CT molecular complexity index is 1910. The molecule has 6 rings (SSSR count). The van der Waals surface area contributed by atoms with Gasteiger partial charge in [0.25, 0.3) is 0 Å². The van der Waals surface area contributed by atoms with E-state index in [2.05, 4.69) is 150 Å². The first-order valence-electron chi connectivity index (χ1n) is 21.0. The second-order valence-electron chi connectivity index (χ2n) is 16.7. The van der Waals surface area contributed by atoms with Crippen LogP contribution in [0.15, 0.2) is 108 Å². The Labute approximate surface area is 359 Å². The molecular formula is C49H66N8O3. The highest BCUT2D eigenvalue weighted by Crippen LogP contribution is 2.33. The average molecular weight is 815 g/mol. The number of carbonyl (C=O) groups is 3. The van der Waals surface area contributed by atoms with Crippen LogP contribution in [0.2, 0.25) is 0 Å². The molecule has 320 valence electrons. The van der Waals surface area contributed by atoms with Crippen LogP contribution in [0.3, 0.4) is 0 Å². The van der Waals surface area contributed by atoms with Crippen LogP contribution in [-0.2, 0) is 40.6 Å². The summed E-state index contributed by atoms with van der Waals surface area (Å²) in [5.41, 5.74) is 12.0. The molecular weight excluding hydrogens is 749 g/mol. The van der Waals surface area contributed by atoms with Crippen molar-refractivity contribution in [2.45, 2.75) is 52.4 Å². The molecule has 2 aliphatic rings. The molecule has 1 aliphatic carbocycles. The van der Waals surface area contributed by atoms with E-state index in [1.54, 1.807) is 14.7 Å². The Morgan fingerprint density at radius 3 is 1.15 bits per heavy atom. The molecule has 1 saturated carbocycles. The predicted molar refractivity (Wildman–Crippen MR) is 247 cm³/mol. The molecule has 11 nitrogen and oxygen atoms in total. The van der Waals surface area contributed by atoms with Gasteiger partial charge in [-0.2, -0.15) is 0 Å². The highest BCUT2D eigenvalue weighted by atomic mass is 16.2. The molecule has 2 fully saturated rings. The van der Waals surface area contributed by atoms with Gasteiger partial charge in [0.15, 0.2) is 0 Å². The van der Waals surface area contributed by atoms with Crippen LogP contribution in [0, 0.1) is 0 Å². The van der Waals surface area contributed by atoms with Crippen LogP contribution >= 0.6 is 0 Å². The lowest BCUT2D eigenvalue weighted by atomic mass is 9.89. The van der Waals surface area contributed by atoms with Crippen molar-refractivity contribution in [3.05, 3.63) is 131 Å². The first-order chi connectivity index (χ1) is 28.7. The molecule has 1 aliphatic heterocycles. The number of nitrogens with zero attached hydrogens (tertiary/aromatic N) is 8. The minimum Gasteiger partial charge on any atom is -0.378 e. The molecule has 1 saturated heterocycles. The number of piperazine rings is 1. The smallest absolute Gasteiger partial charge is 0.243 e. The predicted octanol–water partition coefficient (Wildman–Crippen LogP) is 6.93. The maximum Gasteiger partial charge on any atom is 0.243 e. The Morgan fingerprint density at radius 1 is 0.517 bits per heavy atom. The molecule has 4 aromatic rings. The summed E-state index contributed by atoms with van der Waals surface area (Å²) in [6.45, 7) is 6.06. The van der Waals surface area contributed by atoms with Crippen molar-refractivity contribution in [3.63, 3.8) is 0 Å². The van der Waals surface area contributed by atoms with E-state index in [9.17, 15) is 14.4 Å². The molecule has 3 amide bonds. The molecule has 0 atom stereocenters. The summed E-state index contributed by atoms with van der Waals surface area (Å²) >= 11 is 0. The molecule has 0 unspecified atom stereocenters. The number of hydrogen-bond donors (Lipinski definition) is 0. The van der Waals surface area contributed by atoms with E-state index in [0.717, 1.165) is 54.8 Å². The lowest BCUT2D eigenvalue weighted by Gasteiger charge is -2.39. The van der Waals surface area contributed by atoms with Gasteiger partial charge >= 0.3 is 0 Å². The highest BCUT2D eigenvalue weighted by molar-refractivity contribution is 5.92. The Hall–Kier alpha value is -5.97. The molecule has 0 aromatic heterocycles. The van der Waals surface area contributed by atoms with E-state index in [1.165, 1.54) is 40.2 Å². The van der Waals surface area contributed by atoms with Crippen LogP contribution in [0.5, 0.6) is 0 Å². The summed E-state index contributed by atoms with van der Waals surface area (Å²) in [6.07, 6.45) is 4.21. The molecule has 11 heteroatoms. The third kappa shape index (κ3) is 12.5. The highest BCUT2D eigenvalue weighted by Gasteiger charge is 2.31. The summed E-state index contributed by atoms with van der Waals surface area (Å²) in [4.78, 5) is 53.0. The van der Waals surface area contributed by atoms with Gasteiger partial charge in [-0.25, -0.2) is 0 Å². The summed E-state index contributed by atoms with van der Waals surface area (Å²) in [5, 5.41) is 0. The lowest BCUT2D eigenvalue weighted by Crippen LogP contribution is -2.54. The fraction of sp³-hybridized carbons (Fsp3) is 0.408. The maximum atomic E-state index is 13.0. The van der Waals surface area contributed by atoms with Crippen molar-refractivity contribution in [1.29, 1.82) is 0 Å². The van der Waals surface area contributed by atoms with Crippen LogP contribution in [0.4, 0.5) is 22.7 Å². The van der Waals surface area contributed by atoms with E-state index in [1.807, 2.05) is 35.1 Å². The molecule has 0 radical (unpaired) electrons. The zero-order valence-electron chi connectivity index (χ0n) is 37.4. The van der Waals surface area contributed by atoms with Crippen molar-refractivity contribution < 1.29 is 14.4 Å². The number of rotatable bonds is 17. The van der Waals surface area contributed by atoms with Gasteiger partial charge in [-0.05, 0) is 103 Å². The van der Waals surface area contributed by atoms with Gasteiger partial charge in [-0.3, -0.25) is 14.4 Å². The number of amides is 3. The minimum atomic E-state index is 0.0319. The van der Waals surface area contributed by atoms with Gasteiger partial charge < -0.3 is 39.2 Å². The number of benzene rings is 4. The van der Waals surface area contributed by atoms with E-state index in [0.29, 0.717) is 26.2 Å². The number of allylic oxidation sites excluding steroid dienone is 1. The van der Waals surface area contributed by atoms with Crippen molar-refractivity contribution in [2.24, 2.45) is 0 Å². The first-order valence-corrected chi connectivity index (χ1v) is 21.0. The van der Waals surface area contributed by atoms with Crippen molar-refractivity contribution in [1.82, 2.24) is 19.6 Å². The number of anilines is 4. The monoisotopic (exact) mass is 815 g/mol. The van der Waals surface area contributed by atoms with Gasteiger partial charge in [0.2, 0.25) is 18.2 Å². The summed E-state index contributed by atoms with van der Waals surface area (Å²) in [7, 11) is 16.3. The minimum absolute atomic E-state index is 0.0319. The van der Waals surface area contributed by atoms with Crippen molar-refractivity contribution >= 4 is 41.0 Å². The SMILES string of the molecule is CCN1CC(=O)N(CC(=C2CCC2)N(Cc2ccc(N(C)C)cc2)Cc2ccc(N(C)C)cc2)CC1=O.CN(C)c1ccc(CN(C=O)Cc2ccc(N(C)C)cc2)cc1. The zero-order chi connectivity index (χ0) is 43.3. The van der Waals surface area contributed by atoms with E-state index in [4.69, 9.17) is 0 Å². The van der Waals surface area contributed by atoms with Crippen LogP contribution in [-0.4, -0.2) is 120 Å². The molecule has 4 aromatic carbocycles. The van der Waals surface area contributed by atoms with E-state index < -0.39 is 0 Å². The van der Waals surface area contributed by atoms with Crippen molar-refractivity contribution in [2.75, 3.05) is 102 Å². The van der Waals surface area contributed by atoms with Crippen LogP contribution < -0.4 is 19.6 Å². The second kappa shape index (κ2) is 21.3. The molecule has 0 N–H and O–H groups in total. The quantitative estimate of drug-likeness (QED) is 0.106. The van der Waals surface area contributed by atoms with Gasteiger partial charge in [-0.1, -0.05) is 48.5 Å². The summed E-state index contributed by atoms with van der Waals surface area (Å²) < 4.78 is 0. The first kappa shape index (κ1) is 45.1. The van der Waals surface area contributed by atoms with E-state index in [-0.39, 0.29) is 24.9 Å². The topological polar surface area (TPSA) is 77.1 Å². The number of likely N-dealkylation sites (N-methyl/N-ethyl adjacent to an activating group) is 1. The molecule has 0 spiro atoms. The van der Waals surface area contributed by atoms with E-state index >= 15 is 0 Å². The Balaban J connectivity index is 0.000000255. The fourth-order valence-corrected chi connectivity index (χ4v) is 7.28. The van der Waals surface area contributed by atoms with Gasteiger partial charge in [-0.15, -0.1) is 0 Å². The maximum absolute atomic E-state index is 13.0. The fourth-order valence-electron chi connectivity index (χ4n) is 7.28. The zero-order valence-corrected chi connectivity index (χ0v) is 37.4. The van der Waals surface area contributed by atoms with Gasteiger partial charge in [0.1, 0.15) is 6.54 Å². The normalized spacial score (nSPS) is 13.5. The third-order valence-electron chi connectivity index (χ3n) is 11.3. The number of carbonyl (C=O) groups excluding carboxylic acids is 3. The summed E-state index contributed by atoms with van der Waals surface area (Å²) in [6, 6.07) is 34.0. The lowest BCUT2D eigenvalue weighted by molar-refractivity contribution is -0.149. The number of hydrogen-bond acceptors (Lipinski definition) is 8. The van der Waals surface area contributed by atoms with Gasteiger partial charge in [0, 0.05) is 118 Å². The Morgan fingerprint density at radius 2 is 0.850 bits per heavy atom. The van der Waals surface area contributed by atoms with Gasteiger partial charge in [0.05, 0.1) is 13.1 Å². The van der Waals surface area contributed by atoms with Crippen LogP contribution in [0.25, 0.3) is 0 Å².